The molecule has 0 amide bonds. The molecule has 1 aromatic heterocycles. The highest BCUT2D eigenvalue weighted by Gasteiger charge is 2.18. The highest BCUT2D eigenvalue weighted by molar-refractivity contribution is 8.13. The van der Waals surface area contributed by atoms with Gasteiger partial charge < -0.3 is 9.47 Å². The standard InChI is InChI=1S/C13H12ClNO4S/c1-18-9-10-4-2-5-11(8-10)19-13-12(20(14,16)17)6-3-7-15-13/h2-8H,9H2,1H3. The molecule has 0 saturated carbocycles. The van der Waals surface area contributed by atoms with E-state index in [9.17, 15) is 8.42 Å². The van der Waals surface area contributed by atoms with Crippen molar-refractivity contribution in [2.24, 2.45) is 0 Å². The summed E-state index contributed by atoms with van der Waals surface area (Å²) >= 11 is 0. The fourth-order valence-electron chi connectivity index (χ4n) is 1.62. The summed E-state index contributed by atoms with van der Waals surface area (Å²) in [5.74, 6) is 0.400. The van der Waals surface area contributed by atoms with Gasteiger partial charge in [-0.2, -0.15) is 0 Å². The Hall–Kier alpha value is -1.63. The van der Waals surface area contributed by atoms with Crippen molar-refractivity contribution in [2.45, 2.75) is 11.5 Å². The zero-order valence-corrected chi connectivity index (χ0v) is 12.2. The Balaban J connectivity index is 2.33. The zero-order valence-electron chi connectivity index (χ0n) is 10.6. The van der Waals surface area contributed by atoms with Gasteiger partial charge in [-0.05, 0) is 29.8 Å². The van der Waals surface area contributed by atoms with Crippen LogP contribution in [0.2, 0.25) is 0 Å². The smallest absolute Gasteiger partial charge is 0.266 e. The van der Waals surface area contributed by atoms with Crippen molar-refractivity contribution in [3.63, 3.8) is 0 Å². The van der Waals surface area contributed by atoms with Crippen molar-refractivity contribution < 1.29 is 17.9 Å². The lowest BCUT2D eigenvalue weighted by atomic mass is 10.2. The minimum atomic E-state index is -3.91. The largest absolute Gasteiger partial charge is 0.438 e. The molecule has 7 heteroatoms. The lowest BCUT2D eigenvalue weighted by Gasteiger charge is -2.08. The van der Waals surface area contributed by atoms with Crippen LogP contribution < -0.4 is 4.74 Å². The number of aromatic nitrogens is 1. The topological polar surface area (TPSA) is 65.5 Å². The molecular weight excluding hydrogens is 302 g/mol. The lowest BCUT2D eigenvalue weighted by molar-refractivity contribution is 0.184. The van der Waals surface area contributed by atoms with E-state index in [-0.39, 0.29) is 10.8 Å². The number of ether oxygens (including phenoxy) is 2. The predicted molar refractivity (Wildman–Crippen MR) is 74.5 cm³/mol. The van der Waals surface area contributed by atoms with Crippen LogP contribution >= 0.6 is 10.7 Å². The van der Waals surface area contributed by atoms with Crippen LogP contribution in [0.5, 0.6) is 11.6 Å². The Labute approximate surface area is 121 Å². The van der Waals surface area contributed by atoms with Crippen molar-refractivity contribution in [3.8, 4) is 11.6 Å². The molecule has 1 aromatic carbocycles. The lowest BCUT2D eigenvalue weighted by Crippen LogP contribution is -1.98. The third-order valence-electron chi connectivity index (χ3n) is 2.42. The molecule has 5 nitrogen and oxygen atoms in total. The normalized spacial score (nSPS) is 11.3. The molecular formula is C13H12ClNO4S. The highest BCUT2D eigenvalue weighted by atomic mass is 35.7. The molecule has 0 saturated heterocycles. The predicted octanol–water partition coefficient (Wildman–Crippen LogP) is 2.95. The molecule has 20 heavy (non-hydrogen) atoms. The number of hydrogen-bond acceptors (Lipinski definition) is 5. The van der Waals surface area contributed by atoms with Gasteiger partial charge in [0.2, 0.25) is 5.88 Å². The van der Waals surface area contributed by atoms with Crippen molar-refractivity contribution in [1.29, 1.82) is 0 Å². The molecule has 0 spiro atoms. The van der Waals surface area contributed by atoms with Crippen LogP contribution in [0.25, 0.3) is 0 Å². The molecule has 0 unspecified atom stereocenters. The maximum Gasteiger partial charge on any atom is 0.266 e. The van der Waals surface area contributed by atoms with Crippen molar-refractivity contribution >= 4 is 19.7 Å². The fourth-order valence-corrected chi connectivity index (χ4v) is 2.51. The van der Waals surface area contributed by atoms with Crippen LogP contribution in [0.1, 0.15) is 5.56 Å². The van der Waals surface area contributed by atoms with E-state index in [1.54, 1.807) is 25.3 Å². The maximum absolute atomic E-state index is 11.4. The van der Waals surface area contributed by atoms with E-state index < -0.39 is 9.05 Å². The molecule has 1 heterocycles. The third-order valence-corrected chi connectivity index (χ3v) is 3.76. The second kappa shape index (κ2) is 6.21. The summed E-state index contributed by atoms with van der Waals surface area (Å²) in [7, 11) is 3.02. The fraction of sp³-hybridized carbons (Fsp3) is 0.154. The van der Waals surface area contributed by atoms with Gasteiger partial charge in [-0.3, -0.25) is 0 Å². The van der Waals surface area contributed by atoms with Gasteiger partial charge in [0.1, 0.15) is 10.6 Å². The molecule has 106 valence electrons. The van der Waals surface area contributed by atoms with Gasteiger partial charge in [-0.1, -0.05) is 12.1 Å². The van der Waals surface area contributed by atoms with E-state index in [1.807, 2.05) is 6.07 Å². The summed E-state index contributed by atoms with van der Waals surface area (Å²) in [5.41, 5.74) is 0.899. The highest BCUT2D eigenvalue weighted by Crippen LogP contribution is 2.28. The maximum atomic E-state index is 11.4. The van der Waals surface area contributed by atoms with Gasteiger partial charge >= 0.3 is 0 Å². The van der Waals surface area contributed by atoms with Crippen LogP contribution in [-0.4, -0.2) is 20.5 Å². The molecule has 0 N–H and O–H groups in total. The third kappa shape index (κ3) is 3.69. The number of pyridine rings is 1. The molecule has 0 aliphatic heterocycles. The van der Waals surface area contributed by atoms with Gasteiger partial charge in [-0.25, -0.2) is 13.4 Å². The molecule has 2 aromatic rings. The summed E-state index contributed by atoms with van der Waals surface area (Å²) in [6, 6.07) is 9.89. The van der Waals surface area contributed by atoms with Crippen molar-refractivity contribution in [3.05, 3.63) is 48.2 Å². The Morgan fingerprint density at radius 1 is 1.25 bits per heavy atom. The van der Waals surface area contributed by atoms with Gasteiger partial charge in [0, 0.05) is 24.0 Å². The zero-order chi connectivity index (χ0) is 14.6. The van der Waals surface area contributed by atoms with Crippen molar-refractivity contribution in [2.75, 3.05) is 7.11 Å². The monoisotopic (exact) mass is 313 g/mol. The molecule has 0 bridgehead atoms. The molecule has 0 radical (unpaired) electrons. The summed E-state index contributed by atoms with van der Waals surface area (Å²) < 4.78 is 33.4. The minimum absolute atomic E-state index is 0.0583. The SMILES string of the molecule is COCc1cccc(Oc2ncccc2S(=O)(=O)Cl)c1. The van der Waals surface area contributed by atoms with E-state index >= 15 is 0 Å². The number of methoxy groups -OCH3 is 1. The summed E-state index contributed by atoms with van der Waals surface area (Å²) in [5, 5.41) is 0. The number of nitrogens with zero attached hydrogens (tertiary/aromatic N) is 1. The molecule has 0 aliphatic rings. The first kappa shape index (κ1) is 14.8. The van der Waals surface area contributed by atoms with E-state index in [1.165, 1.54) is 18.3 Å². The van der Waals surface area contributed by atoms with Gasteiger partial charge in [0.15, 0.2) is 0 Å². The number of hydrogen-bond donors (Lipinski definition) is 0. The molecule has 0 fully saturated rings. The van der Waals surface area contributed by atoms with Gasteiger partial charge in [-0.15, -0.1) is 0 Å². The van der Waals surface area contributed by atoms with E-state index in [0.29, 0.717) is 12.4 Å². The van der Waals surface area contributed by atoms with Crippen molar-refractivity contribution in [1.82, 2.24) is 4.98 Å². The average molecular weight is 314 g/mol. The van der Waals surface area contributed by atoms with Gasteiger partial charge in [0.05, 0.1) is 6.61 Å². The van der Waals surface area contributed by atoms with Crippen LogP contribution in [-0.2, 0) is 20.4 Å². The minimum Gasteiger partial charge on any atom is -0.438 e. The summed E-state index contributed by atoms with van der Waals surface area (Å²) in [6.07, 6.45) is 1.43. The Morgan fingerprint density at radius 3 is 2.75 bits per heavy atom. The Kier molecular flexibility index (Phi) is 4.59. The first-order valence-electron chi connectivity index (χ1n) is 5.66. The Morgan fingerprint density at radius 2 is 2.05 bits per heavy atom. The van der Waals surface area contributed by atoms with E-state index in [2.05, 4.69) is 4.98 Å². The van der Waals surface area contributed by atoms with E-state index in [0.717, 1.165) is 5.56 Å². The summed E-state index contributed by atoms with van der Waals surface area (Å²) in [4.78, 5) is 3.73. The Bertz CT molecular complexity index is 703. The quantitative estimate of drug-likeness (QED) is 0.794. The van der Waals surface area contributed by atoms with Crippen LogP contribution in [0.4, 0.5) is 0 Å². The molecule has 0 atom stereocenters. The summed E-state index contributed by atoms with van der Waals surface area (Å²) in [6.45, 7) is 0.431. The van der Waals surface area contributed by atoms with Crippen LogP contribution in [0.3, 0.4) is 0 Å². The number of rotatable bonds is 5. The first-order chi connectivity index (χ1) is 9.50. The van der Waals surface area contributed by atoms with E-state index in [4.69, 9.17) is 20.2 Å². The second-order valence-corrected chi connectivity index (χ2v) is 6.46. The molecule has 2 rings (SSSR count). The number of halogens is 1. The first-order valence-corrected chi connectivity index (χ1v) is 7.97. The number of benzene rings is 1. The van der Waals surface area contributed by atoms with Crippen LogP contribution in [0.15, 0.2) is 47.5 Å². The van der Waals surface area contributed by atoms with Gasteiger partial charge in [0.25, 0.3) is 9.05 Å². The molecule has 0 aliphatic carbocycles. The second-order valence-electron chi connectivity index (χ2n) is 3.93. The average Bonchev–Trinajstić information content (AvgIpc) is 2.39. The van der Waals surface area contributed by atoms with Crippen LogP contribution in [0, 0.1) is 0 Å².